The van der Waals surface area contributed by atoms with Crippen molar-refractivity contribution in [2.24, 2.45) is 4.99 Å². The van der Waals surface area contributed by atoms with Crippen molar-refractivity contribution in [3.63, 3.8) is 0 Å². The molecule has 1 unspecified atom stereocenters. The lowest BCUT2D eigenvalue weighted by molar-refractivity contribution is -0.274. The highest BCUT2D eigenvalue weighted by Crippen LogP contribution is 2.40. The number of hydrogen-bond donors (Lipinski definition) is 1. The summed E-state index contributed by atoms with van der Waals surface area (Å²) in [5.74, 6) is -2.36. The van der Waals surface area contributed by atoms with Crippen molar-refractivity contribution in [3.05, 3.63) is 59.2 Å². The Morgan fingerprint density at radius 1 is 1.18 bits per heavy atom. The Morgan fingerprint density at radius 2 is 1.82 bits per heavy atom. The van der Waals surface area contributed by atoms with Crippen LogP contribution < -0.4 is 9.47 Å². The Morgan fingerprint density at radius 3 is 2.36 bits per heavy atom. The van der Waals surface area contributed by atoms with E-state index in [0.29, 0.717) is 5.56 Å². The van der Waals surface area contributed by atoms with Crippen LogP contribution in [0.4, 0.5) is 22.0 Å². The van der Waals surface area contributed by atoms with Crippen molar-refractivity contribution < 1.29 is 41.0 Å². The van der Waals surface area contributed by atoms with Crippen molar-refractivity contribution in [1.29, 1.82) is 5.41 Å². The van der Waals surface area contributed by atoms with Crippen LogP contribution in [-0.4, -0.2) is 49.5 Å². The molecule has 0 spiro atoms. The summed E-state index contributed by atoms with van der Waals surface area (Å²) in [5, 5.41) is 7.17. The number of hydrogen-bond acceptors (Lipinski definition) is 6. The summed E-state index contributed by atoms with van der Waals surface area (Å²) in [5.41, 5.74) is -0.729. The average Bonchev–Trinajstić information content (AvgIpc) is 2.75. The van der Waals surface area contributed by atoms with Gasteiger partial charge in [-0.05, 0) is 49.4 Å². The largest absolute Gasteiger partial charge is 0.573 e. The first-order valence-corrected chi connectivity index (χ1v) is 9.35. The highest BCUT2D eigenvalue weighted by atomic mass is 19.4. The van der Waals surface area contributed by atoms with Crippen LogP contribution in [0.1, 0.15) is 28.4 Å². The summed E-state index contributed by atoms with van der Waals surface area (Å²) in [6.07, 6.45) is -7.97. The summed E-state index contributed by atoms with van der Waals surface area (Å²) in [6.45, 7) is 1.56. The van der Waals surface area contributed by atoms with E-state index in [-0.39, 0.29) is 22.8 Å². The van der Waals surface area contributed by atoms with Crippen LogP contribution in [-0.2, 0) is 10.5 Å². The van der Waals surface area contributed by atoms with E-state index < -0.39 is 36.1 Å². The first-order chi connectivity index (χ1) is 15.4. The molecule has 1 aliphatic heterocycles. The minimum Gasteiger partial charge on any atom is -0.463 e. The normalized spacial score (nSPS) is 18.6. The SMILES string of the molecule is CN=C(OC(=N)C(F)F)c1ccc2c(c1)C(=O)N(C)C(C)(c1ccc(OC(F)(F)F)cc1)O2. The molecule has 33 heavy (non-hydrogen) atoms. The second-order valence-corrected chi connectivity index (χ2v) is 7.03. The molecule has 0 aliphatic carbocycles. The summed E-state index contributed by atoms with van der Waals surface area (Å²) in [7, 11) is 2.72. The number of amides is 1. The quantitative estimate of drug-likeness (QED) is 0.403. The van der Waals surface area contributed by atoms with Crippen LogP contribution in [0.15, 0.2) is 47.5 Å². The van der Waals surface area contributed by atoms with Crippen LogP contribution in [0.25, 0.3) is 0 Å². The van der Waals surface area contributed by atoms with Gasteiger partial charge in [0.25, 0.3) is 11.8 Å². The number of rotatable bonds is 4. The topological polar surface area (TPSA) is 84.2 Å². The highest BCUT2D eigenvalue weighted by Gasteiger charge is 2.43. The molecule has 1 atom stereocenters. The molecule has 1 N–H and O–H groups in total. The number of nitrogens with one attached hydrogen (secondary N) is 1. The van der Waals surface area contributed by atoms with E-state index in [1.54, 1.807) is 6.92 Å². The molecular formula is C21H18F5N3O4. The van der Waals surface area contributed by atoms with Crippen LogP contribution >= 0.6 is 0 Å². The summed E-state index contributed by atoms with van der Waals surface area (Å²) in [6, 6.07) is 9.05. The molecule has 1 amide bonds. The van der Waals surface area contributed by atoms with Crippen LogP contribution in [0, 0.1) is 5.41 Å². The van der Waals surface area contributed by atoms with Crippen LogP contribution in [0.5, 0.6) is 11.5 Å². The Hall–Kier alpha value is -3.70. The molecule has 0 saturated heterocycles. The third kappa shape index (κ3) is 4.89. The monoisotopic (exact) mass is 471 g/mol. The van der Waals surface area contributed by atoms with Gasteiger partial charge in [0.15, 0.2) is 0 Å². The third-order valence-corrected chi connectivity index (χ3v) is 4.94. The molecule has 2 aromatic rings. The molecule has 12 heteroatoms. The number of nitrogens with zero attached hydrogens (tertiary/aromatic N) is 2. The second-order valence-electron chi connectivity index (χ2n) is 7.03. The van der Waals surface area contributed by atoms with Crippen LogP contribution in [0.3, 0.4) is 0 Å². The fourth-order valence-corrected chi connectivity index (χ4v) is 3.18. The maximum atomic E-state index is 13.1. The van der Waals surface area contributed by atoms with Gasteiger partial charge < -0.3 is 14.2 Å². The molecule has 0 fully saturated rings. The van der Waals surface area contributed by atoms with Crippen LogP contribution in [0.2, 0.25) is 0 Å². The molecular weight excluding hydrogens is 453 g/mol. The van der Waals surface area contributed by atoms with Crippen molar-refractivity contribution in [3.8, 4) is 11.5 Å². The van der Waals surface area contributed by atoms with Crippen molar-refractivity contribution in [2.45, 2.75) is 25.4 Å². The van der Waals surface area contributed by atoms with E-state index in [4.69, 9.17) is 14.9 Å². The van der Waals surface area contributed by atoms with Gasteiger partial charge in [-0.25, -0.2) is 0 Å². The predicted octanol–water partition coefficient (Wildman–Crippen LogP) is 4.56. The zero-order valence-electron chi connectivity index (χ0n) is 17.5. The molecule has 0 saturated carbocycles. The Kier molecular flexibility index (Phi) is 6.30. The van der Waals surface area contributed by atoms with Gasteiger partial charge in [0.2, 0.25) is 11.6 Å². The Bertz CT molecular complexity index is 1100. The number of ether oxygens (including phenoxy) is 3. The molecule has 176 valence electrons. The van der Waals surface area contributed by atoms with E-state index in [0.717, 1.165) is 12.1 Å². The standard InChI is InChI=1S/C21H18F5N3O4/c1-20(12-5-7-13(8-6-12)32-21(24,25)26)29(3)19(30)14-10-11(4-9-15(14)33-20)18(28-2)31-17(27)16(22)23/h4-10,16,27H,1-3H3. The van der Waals surface area contributed by atoms with Crippen molar-refractivity contribution >= 4 is 17.7 Å². The summed E-state index contributed by atoms with van der Waals surface area (Å²) >= 11 is 0. The lowest BCUT2D eigenvalue weighted by Gasteiger charge is -2.43. The maximum absolute atomic E-state index is 13.1. The van der Waals surface area contributed by atoms with E-state index >= 15 is 0 Å². The fourth-order valence-electron chi connectivity index (χ4n) is 3.18. The second kappa shape index (κ2) is 8.68. The lowest BCUT2D eigenvalue weighted by atomic mass is 9.98. The first-order valence-electron chi connectivity index (χ1n) is 9.35. The number of alkyl halides is 5. The zero-order chi connectivity index (χ0) is 24.6. The van der Waals surface area contributed by atoms with Gasteiger partial charge >= 0.3 is 12.8 Å². The van der Waals surface area contributed by atoms with E-state index in [9.17, 15) is 26.7 Å². The Labute approximate surface area is 184 Å². The Balaban J connectivity index is 1.92. The summed E-state index contributed by atoms with van der Waals surface area (Å²) < 4.78 is 77.1. The number of carbonyl (C=O) groups excluding carboxylic acids is 1. The fraction of sp³-hybridized carbons (Fsp3) is 0.286. The van der Waals surface area contributed by atoms with Crippen molar-refractivity contribution in [1.82, 2.24) is 4.90 Å². The molecule has 7 nitrogen and oxygen atoms in total. The number of halogens is 5. The molecule has 0 aromatic heterocycles. The zero-order valence-corrected chi connectivity index (χ0v) is 17.5. The lowest BCUT2D eigenvalue weighted by Crippen LogP contribution is -2.52. The molecule has 3 rings (SSSR count). The molecule has 1 aliphatic rings. The van der Waals surface area contributed by atoms with Gasteiger partial charge in [0.1, 0.15) is 11.5 Å². The average molecular weight is 471 g/mol. The molecule has 1 heterocycles. The molecule has 2 aromatic carbocycles. The summed E-state index contributed by atoms with van der Waals surface area (Å²) in [4.78, 5) is 18.1. The number of aliphatic imine (C=N–C) groups is 1. The van der Waals surface area contributed by atoms with Gasteiger partial charge in [-0.1, -0.05) is 0 Å². The molecule has 0 radical (unpaired) electrons. The van der Waals surface area contributed by atoms with Gasteiger partial charge in [-0.15, -0.1) is 13.2 Å². The minimum absolute atomic E-state index is 0.0813. The smallest absolute Gasteiger partial charge is 0.463 e. The first kappa shape index (κ1) is 24.0. The van der Waals surface area contributed by atoms with Gasteiger partial charge in [0, 0.05) is 25.2 Å². The van der Waals surface area contributed by atoms with Crippen molar-refractivity contribution in [2.75, 3.05) is 14.1 Å². The number of carbonyl (C=O) groups is 1. The highest BCUT2D eigenvalue weighted by molar-refractivity contribution is 6.05. The maximum Gasteiger partial charge on any atom is 0.573 e. The number of fused-ring (bicyclic) bond motifs is 1. The predicted molar refractivity (Wildman–Crippen MR) is 107 cm³/mol. The molecule has 0 bridgehead atoms. The van der Waals surface area contributed by atoms with Gasteiger partial charge in [-0.3, -0.25) is 20.1 Å². The van der Waals surface area contributed by atoms with E-state index in [1.165, 1.54) is 49.3 Å². The van der Waals surface area contributed by atoms with Gasteiger partial charge in [0.05, 0.1) is 5.56 Å². The van der Waals surface area contributed by atoms with E-state index in [1.807, 2.05) is 0 Å². The van der Waals surface area contributed by atoms with Gasteiger partial charge in [-0.2, -0.15) is 8.78 Å². The minimum atomic E-state index is -4.84. The third-order valence-electron chi connectivity index (χ3n) is 4.94. The number of benzene rings is 2. The van der Waals surface area contributed by atoms with E-state index in [2.05, 4.69) is 9.73 Å².